The predicted molar refractivity (Wildman–Crippen MR) is 78.2 cm³/mol. The highest BCUT2D eigenvalue weighted by molar-refractivity contribution is 7.80. The Morgan fingerprint density at radius 1 is 1.37 bits per heavy atom. The first-order chi connectivity index (χ1) is 9.19. The summed E-state index contributed by atoms with van der Waals surface area (Å²) in [4.78, 5) is 13.2. The van der Waals surface area contributed by atoms with Crippen LogP contribution in [0.2, 0.25) is 0 Å². The molecular weight excluding hydrogens is 260 g/mol. The average Bonchev–Trinajstić information content (AvgIpc) is 2.40. The van der Waals surface area contributed by atoms with Crippen LogP contribution in [-0.2, 0) is 11.2 Å². The van der Waals surface area contributed by atoms with E-state index in [0.29, 0.717) is 24.7 Å². The predicted octanol–water partition coefficient (Wildman–Crippen LogP) is 1.73. The SMILES string of the molecule is CCOc1ccc(CCN2CCC(=O)NC2=S)cc1. The first-order valence-electron chi connectivity index (χ1n) is 6.49. The highest BCUT2D eigenvalue weighted by Gasteiger charge is 2.18. The minimum atomic E-state index is 0.0160. The van der Waals surface area contributed by atoms with Gasteiger partial charge in [0.1, 0.15) is 5.75 Å². The molecule has 0 aliphatic carbocycles. The van der Waals surface area contributed by atoms with Gasteiger partial charge in [-0.3, -0.25) is 4.79 Å². The van der Waals surface area contributed by atoms with Crippen LogP contribution in [-0.4, -0.2) is 35.6 Å². The Hall–Kier alpha value is -1.62. The summed E-state index contributed by atoms with van der Waals surface area (Å²) < 4.78 is 5.41. The fourth-order valence-electron chi connectivity index (χ4n) is 2.00. The van der Waals surface area contributed by atoms with Gasteiger partial charge in [-0.05, 0) is 43.3 Å². The van der Waals surface area contributed by atoms with Crippen LogP contribution < -0.4 is 10.1 Å². The van der Waals surface area contributed by atoms with Gasteiger partial charge in [0.25, 0.3) is 0 Å². The van der Waals surface area contributed by atoms with E-state index in [1.165, 1.54) is 5.56 Å². The van der Waals surface area contributed by atoms with Gasteiger partial charge in [0.15, 0.2) is 5.11 Å². The van der Waals surface area contributed by atoms with Gasteiger partial charge >= 0.3 is 0 Å². The minimum Gasteiger partial charge on any atom is -0.494 e. The highest BCUT2D eigenvalue weighted by Crippen LogP contribution is 2.13. The van der Waals surface area contributed by atoms with Gasteiger partial charge in [0.05, 0.1) is 6.61 Å². The summed E-state index contributed by atoms with van der Waals surface area (Å²) in [5.41, 5.74) is 1.24. The molecule has 1 N–H and O–H groups in total. The molecule has 0 unspecified atom stereocenters. The van der Waals surface area contributed by atoms with Crippen molar-refractivity contribution in [1.82, 2.24) is 10.2 Å². The van der Waals surface area contributed by atoms with Crippen LogP contribution in [0, 0.1) is 0 Å². The van der Waals surface area contributed by atoms with Crippen LogP contribution in [0.3, 0.4) is 0 Å². The maximum Gasteiger partial charge on any atom is 0.227 e. The molecule has 0 atom stereocenters. The average molecular weight is 278 g/mol. The molecule has 1 aliphatic heterocycles. The van der Waals surface area contributed by atoms with Gasteiger partial charge in [-0.25, -0.2) is 0 Å². The van der Waals surface area contributed by atoms with E-state index in [1.807, 2.05) is 24.0 Å². The molecule has 102 valence electrons. The van der Waals surface area contributed by atoms with E-state index in [0.717, 1.165) is 18.7 Å². The lowest BCUT2D eigenvalue weighted by atomic mass is 10.1. The Balaban J connectivity index is 1.84. The zero-order valence-electron chi connectivity index (χ0n) is 11.0. The maximum absolute atomic E-state index is 11.2. The summed E-state index contributed by atoms with van der Waals surface area (Å²) in [7, 11) is 0. The molecule has 0 saturated carbocycles. The third kappa shape index (κ3) is 3.92. The van der Waals surface area contributed by atoms with Crippen molar-refractivity contribution in [3.05, 3.63) is 29.8 Å². The number of nitrogens with one attached hydrogen (secondary N) is 1. The molecule has 1 aromatic rings. The summed E-state index contributed by atoms with van der Waals surface area (Å²) in [6.45, 7) is 4.19. The number of hydrogen-bond acceptors (Lipinski definition) is 3. The Morgan fingerprint density at radius 3 is 2.74 bits per heavy atom. The molecule has 4 nitrogen and oxygen atoms in total. The summed E-state index contributed by atoms with van der Waals surface area (Å²) >= 11 is 5.15. The van der Waals surface area contributed by atoms with Gasteiger partial charge in [-0.2, -0.15) is 0 Å². The third-order valence-electron chi connectivity index (χ3n) is 3.05. The number of nitrogens with zero attached hydrogens (tertiary/aromatic N) is 1. The molecule has 19 heavy (non-hydrogen) atoms. The van der Waals surface area contributed by atoms with Gasteiger partial charge in [-0.1, -0.05) is 12.1 Å². The lowest BCUT2D eigenvalue weighted by Crippen LogP contribution is -2.49. The molecule has 1 fully saturated rings. The van der Waals surface area contributed by atoms with Crippen LogP contribution in [0.25, 0.3) is 0 Å². The zero-order valence-corrected chi connectivity index (χ0v) is 11.8. The van der Waals surface area contributed by atoms with E-state index in [4.69, 9.17) is 17.0 Å². The zero-order chi connectivity index (χ0) is 13.7. The van der Waals surface area contributed by atoms with Crippen molar-refractivity contribution in [2.24, 2.45) is 0 Å². The molecule has 1 aliphatic rings. The number of ether oxygens (including phenoxy) is 1. The van der Waals surface area contributed by atoms with E-state index in [9.17, 15) is 4.79 Å². The summed E-state index contributed by atoms with van der Waals surface area (Å²) in [6, 6.07) is 8.09. The molecule has 1 amide bonds. The lowest BCUT2D eigenvalue weighted by molar-refractivity contribution is -0.120. The maximum atomic E-state index is 11.2. The molecule has 1 aromatic carbocycles. The number of carbonyl (C=O) groups excluding carboxylic acids is 1. The fourth-order valence-corrected chi connectivity index (χ4v) is 2.29. The molecule has 0 spiro atoms. The van der Waals surface area contributed by atoms with E-state index in [2.05, 4.69) is 17.4 Å². The minimum absolute atomic E-state index is 0.0160. The molecule has 0 aromatic heterocycles. The largest absolute Gasteiger partial charge is 0.494 e. The van der Waals surface area contributed by atoms with Crippen LogP contribution in [0.4, 0.5) is 0 Å². The van der Waals surface area contributed by atoms with Gasteiger partial charge in [-0.15, -0.1) is 0 Å². The number of amides is 1. The summed E-state index contributed by atoms with van der Waals surface area (Å²) in [5.74, 6) is 0.911. The first kappa shape index (κ1) is 13.8. The number of benzene rings is 1. The monoisotopic (exact) mass is 278 g/mol. The van der Waals surface area contributed by atoms with E-state index in [1.54, 1.807) is 0 Å². The first-order valence-corrected chi connectivity index (χ1v) is 6.90. The van der Waals surface area contributed by atoms with Crippen LogP contribution in [0.1, 0.15) is 18.9 Å². The standard InChI is InChI=1S/C14H18N2O2S/c1-2-18-12-5-3-11(4-6-12)7-9-16-10-8-13(17)15-14(16)19/h3-6H,2,7-10H2,1H3,(H,15,17,19). The Labute approximate surface area is 118 Å². The molecular formula is C14H18N2O2S. The number of rotatable bonds is 5. The molecule has 1 saturated heterocycles. The van der Waals surface area contributed by atoms with Gasteiger partial charge < -0.3 is 15.0 Å². The van der Waals surface area contributed by atoms with Crippen molar-refractivity contribution in [3.8, 4) is 5.75 Å². The summed E-state index contributed by atoms with van der Waals surface area (Å²) in [6.07, 6.45) is 1.42. The Kier molecular flexibility index (Phi) is 4.74. The normalized spacial score (nSPS) is 15.3. The van der Waals surface area contributed by atoms with Crippen molar-refractivity contribution in [2.75, 3.05) is 19.7 Å². The molecule has 5 heteroatoms. The number of thiocarbonyl (C=S) groups is 1. The number of hydrogen-bond donors (Lipinski definition) is 1. The van der Waals surface area contributed by atoms with Crippen molar-refractivity contribution in [1.29, 1.82) is 0 Å². The Bertz CT molecular complexity index is 459. The second-order valence-corrected chi connectivity index (χ2v) is 4.80. The second-order valence-electron chi connectivity index (χ2n) is 4.42. The van der Waals surface area contributed by atoms with Gasteiger partial charge in [0.2, 0.25) is 5.91 Å². The van der Waals surface area contributed by atoms with Crippen molar-refractivity contribution >= 4 is 23.2 Å². The lowest BCUT2D eigenvalue weighted by Gasteiger charge is -2.29. The van der Waals surface area contributed by atoms with Crippen LogP contribution in [0.15, 0.2) is 24.3 Å². The van der Waals surface area contributed by atoms with E-state index >= 15 is 0 Å². The smallest absolute Gasteiger partial charge is 0.227 e. The van der Waals surface area contributed by atoms with E-state index < -0.39 is 0 Å². The van der Waals surface area contributed by atoms with Crippen molar-refractivity contribution < 1.29 is 9.53 Å². The molecule has 1 heterocycles. The van der Waals surface area contributed by atoms with Crippen molar-refractivity contribution in [2.45, 2.75) is 19.8 Å². The molecule has 0 bridgehead atoms. The fraction of sp³-hybridized carbons (Fsp3) is 0.429. The van der Waals surface area contributed by atoms with Crippen LogP contribution >= 0.6 is 12.2 Å². The molecule has 2 rings (SSSR count). The quantitative estimate of drug-likeness (QED) is 0.833. The number of carbonyl (C=O) groups is 1. The van der Waals surface area contributed by atoms with E-state index in [-0.39, 0.29) is 5.91 Å². The highest BCUT2D eigenvalue weighted by atomic mass is 32.1. The summed E-state index contributed by atoms with van der Waals surface area (Å²) in [5, 5.41) is 3.23. The molecule has 0 radical (unpaired) electrons. The second kappa shape index (κ2) is 6.52. The Morgan fingerprint density at radius 2 is 2.11 bits per heavy atom. The van der Waals surface area contributed by atoms with Crippen LogP contribution in [0.5, 0.6) is 5.75 Å². The van der Waals surface area contributed by atoms with Gasteiger partial charge in [0, 0.05) is 19.5 Å². The van der Waals surface area contributed by atoms with Crippen molar-refractivity contribution in [3.63, 3.8) is 0 Å². The topological polar surface area (TPSA) is 41.6 Å². The third-order valence-corrected chi connectivity index (χ3v) is 3.41.